The first-order valence-electron chi connectivity index (χ1n) is 4.45. The van der Waals surface area contributed by atoms with Gasteiger partial charge in [0.05, 0.1) is 24.1 Å². The van der Waals surface area contributed by atoms with Crippen molar-refractivity contribution in [3.8, 4) is 0 Å². The Kier molecular flexibility index (Phi) is 2.52. The average Bonchev–Trinajstić information content (AvgIpc) is 2.05. The number of hydrogen-bond donors (Lipinski definition) is 1. The molecule has 1 saturated heterocycles. The number of nitrogens with zero attached hydrogens (tertiary/aromatic N) is 2. The molecule has 1 aromatic rings. The molecule has 2 rings (SSSR count). The van der Waals surface area contributed by atoms with Gasteiger partial charge in [-0.2, -0.15) is 0 Å². The van der Waals surface area contributed by atoms with Crippen LogP contribution in [0.15, 0.2) is 12.4 Å². The van der Waals surface area contributed by atoms with Gasteiger partial charge in [0.1, 0.15) is 0 Å². The quantitative estimate of drug-likeness (QED) is 0.723. The third-order valence-electron chi connectivity index (χ3n) is 2.18. The van der Waals surface area contributed by atoms with Crippen LogP contribution in [0.1, 0.15) is 11.4 Å². The van der Waals surface area contributed by atoms with Gasteiger partial charge in [-0.1, -0.05) is 0 Å². The van der Waals surface area contributed by atoms with Crippen LogP contribution in [0.5, 0.6) is 0 Å². The van der Waals surface area contributed by atoms with E-state index in [1.165, 1.54) is 0 Å². The largest absolute Gasteiger partial charge is 0.369 e. The standard InChI is InChI=1S/C9H13N3O/c1-7-9(12-3-2-11-7)6-13-8-4-10-5-8/h2-3,8,10H,4-6H2,1H3. The Morgan fingerprint density at radius 2 is 2.23 bits per heavy atom. The molecule has 1 fully saturated rings. The molecule has 0 spiro atoms. The highest BCUT2D eigenvalue weighted by Gasteiger charge is 2.17. The highest BCUT2D eigenvalue weighted by molar-refractivity contribution is 5.06. The third kappa shape index (κ3) is 2.02. The molecule has 4 heteroatoms. The minimum Gasteiger partial charge on any atom is -0.369 e. The van der Waals surface area contributed by atoms with E-state index >= 15 is 0 Å². The number of nitrogens with one attached hydrogen (secondary N) is 1. The molecule has 0 atom stereocenters. The summed E-state index contributed by atoms with van der Waals surface area (Å²) in [5.41, 5.74) is 1.89. The van der Waals surface area contributed by atoms with Crippen molar-refractivity contribution in [2.45, 2.75) is 19.6 Å². The summed E-state index contributed by atoms with van der Waals surface area (Å²) >= 11 is 0. The smallest absolute Gasteiger partial charge is 0.0911 e. The van der Waals surface area contributed by atoms with Gasteiger partial charge >= 0.3 is 0 Å². The van der Waals surface area contributed by atoms with Crippen molar-refractivity contribution in [1.82, 2.24) is 15.3 Å². The van der Waals surface area contributed by atoms with E-state index in [9.17, 15) is 0 Å². The number of aryl methyl sites for hydroxylation is 1. The van der Waals surface area contributed by atoms with E-state index in [-0.39, 0.29) is 0 Å². The maximum Gasteiger partial charge on any atom is 0.0911 e. The summed E-state index contributed by atoms with van der Waals surface area (Å²) in [6.07, 6.45) is 3.76. The van der Waals surface area contributed by atoms with Crippen molar-refractivity contribution in [3.05, 3.63) is 23.8 Å². The summed E-state index contributed by atoms with van der Waals surface area (Å²) in [5, 5.41) is 3.15. The molecule has 1 aliphatic heterocycles. The molecule has 0 amide bonds. The monoisotopic (exact) mass is 179 g/mol. The van der Waals surface area contributed by atoms with Crippen LogP contribution < -0.4 is 5.32 Å². The van der Waals surface area contributed by atoms with Gasteiger partial charge in [-0.3, -0.25) is 9.97 Å². The minimum atomic E-state index is 0.362. The number of aromatic nitrogens is 2. The summed E-state index contributed by atoms with van der Waals surface area (Å²) in [6, 6.07) is 0. The summed E-state index contributed by atoms with van der Waals surface area (Å²) in [7, 11) is 0. The van der Waals surface area contributed by atoms with Crippen LogP contribution in [-0.2, 0) is 11.3 Å². The van der Waals surface area contributed by atoms with E-state index in [2.05, 4.69) is 15.3 Å². The first-order chi connectivity index (χ1) is 6.36. The lowest BCUT2D eigenvalue weighted by atomic mass is 10.2. The van der Waals surface area contributed by atoms with Crippen molar-refractivity contribution in [2.75, 3.05) is 13.1 Å². The SMILES string of the molecule is Cc1nccnc1COC1CNC1. The van der Waals surface area contributed by atoms with Gasteiger partial charge in [0, 0.05) is 25.5 Å². The molecule has 1 N–H and O–H groups in total. The molecule has 1 aromatic heterocycles. The molecule has 4 nitrogen and oxygen atoms in total. The Morgan fingerprint density at radius 1 is 1.46 bits per heavy atom. The molecule has 0 bridgehead atoms. The fraction of sp³-hybridized carbons (Fsp3) is 0.556. The van der Waals surface area contributed by atoms with Crippen molar-refractivity contribution in [1.29, 1.82) is 0 Å². The fourth-order valence-electron chi connectivity index (χ4n) is 1.15. The number of hydrogen-bond acceptors (Lipinski definition) is 4. The second kappa shape index (κ2) is 3.81. The summed E-state index contributed by atoms with van der Waals surface area (Å²) in [6.45, 7) is 4.44. The molecular weight excluding hydrogens is 166 g/mol. The lowest BCUT2D eigenvalue weighted by Gasteiger charge is -2.26. The Hall–Kier alpha value is -1.00. The summed E-state index contributed by atoms with van der Waals surface area (Å²) in [4.78, 5) is 8.34. The zero-order chi connectivity index (χ0) is 9.10. The Labute approximate surface area is 77.4 Å². The van der Waals surface area contributed by atoms with Gasteiger partial charge in [0.15, 0.2) is 0 Å². The van der Waals surface area contributed by atoms with Crippen LogP contribution in [-0.4, -0.2) is 29.2 Å². The van der Waals surface area contributed by atoms with E-state index in [0.717, 1.165) is 24.5 Å². The Balaban J connectivity index is 1.89. The van der Waals surface area contributed by atoms with Crippen molar-refractivity contribution in [3.63, 3.8) is 0 Å². The third-order valence-corrected chi connectivity index (χ3v) is 2.18. The highest BCUT2D eigenvalue weighted by Crippen LogP contribution is 2.05. The average molecular weight is 179 g/mol. The molecule has 70 valence electrons. The van der Waals surface area contributed by atoms with Crippen molar-refractivity contribution in [2.24, 2.45) is 0 Å². The normalized spacial score (nSPS) is 17.0. The maximum absolute atomic E-state index is 5.58. The lowest BCUT2D eigenvalue weighted by molar-refractivity contribution is 0.00567. The van der Waals surface area contributed by atoms with Crippen molar-refractivity contribution < 1.29 is 4.74 Å². The first-order valence-corrected chi connectivity index (χ1v) is 4.45. The van der Waals surface area contributed by atoms with E-state index in [4.69, 9.17) is 4.74 Å². The summed E-state index contributed by atoms with van der Waals surface area (Å²) < 4.78 is 5.58. The Bertz CT molecular complexity index is 286. The maximum atomic E-state index is 5.58. The van der Waals surface area contributed by atoms with Crippen LogP contribution in [0.2, 0.25) is 0 Å². The zero-order valence-electron chi connectivity index (χ0n) is 7.66. The minimum absolute atomic E-state index is 0.362. The van der Waals surface area contributed by atoms with Gasteiger partial charge in [0.25, 0.3) is 0 Å². The van der Waals surface area contributed by atoms with E-state index in [1.807, 2.05) is 6.92 Å². The molecule has 1 aliphatic rings. The molecule has 0 radical (unpaired) electrons. The van der Waals surface area contributed by atoms with Gasteiger partial charge < -0.3 is 10.1 Å². The lowest BCUT2D eigenvalue weighted by Crippen LogP contribution is -2.48. The molecule has 2 heterocycles. The molecule has 0 aliphatic carbocycles. The van der Waals surface area contributed by atoms with Crippen LogP contribution in [0.25, 0.3) is 0 Å². The predicted octanol–water partition coefficient (Wildman–Crippen LogP) is 0.273. The second-order valence-corrected chi connectivity index (χ2v) is 3.18. The van der Waals surface area contributed by atoms with Crippen molar-refractivity contribution >= 4 is 0 Å². The second-order valence-electron chi connectivity index (χ2n) is 3.18. The molecule has 0 unspecified atom stereocenters. The van der Waals surface area contributed by atoms with E-state index in [0.29, 0.717) is 12.7 Å². The summed E-state index contributed by atoms with van der Waals surface area (Å²) in [5.74, 6) is 0. The van der Waals surface area contributed by atoms with Crippen LogP contribution >= 0.6 is 0 Å². The van der Waals surface area contributed by atoms with Crippen LogP contribution in [0.3, 0.4) is 0 Å². The highest BCUT2D eigenvalue weighted by atomic mass is 16.5. The molecule has 0 saturated carbocycles. The van der Waals surface area contributed by atoms with E-state index in [1.54, 1.807) is 12.4 Å². The predicted molar refractivity (Wildman–Crippen MR) is 48.2 cm³/mol. The number of rotatable bonds is 3. The number of ether oxygens (including phenoxy) is 1. The Morgan fingerprint density at radius 3 is 2.85 bits per heavy atom. The van der Waals surface area contributed by atoms with Gasteiger partial charge in [-0.05, 0) is 6.92 Å². The molecular formula is C9H13N3O. The van der Waals surface area contributed by atoms with Gasteiger partial charge in [-0.15, -0.1) is 0 Å². The van der Waals surface area contributed by atoms with Gasteiger partial charge in [-0.25, -0.2) is 0 Å². The topological polar surface area (TPSA) is 47.0 Å². The van der Waals surface area contributed by atoms with Gasteiger partial charge in [0.2, 0.25) is 0 Å². The first kappa shape index (κ1) is 8.59. The van der Waals surface area contributed by atoms with Crippen LogP contribution in [0, 0.1) is 6.92 Å². The fourth-order valence-corrected chi connectivity index (χ4v) is 1.15. The molecule has 0 aromatic carbocycles. The van der Waals surface area contributed by atoms with Crippen LogP contribution in [0.4, 0.5) is 0 Å². The molecule has 13 heavy (non-hydrogen) atoms. The zero-order valence-corrected chi connectivity index (χ0v) is 7.66. The van der Waals surface area contributed by atoms with E-state index < -0.39 is 0 Å².